The number of carbonyl (C=O) groups excluding carboxylic acids is 1. The number of nitrogens with zero attached hydrogens (tertiary/aromatic N) is 3. The van der Waals surface area contributed by atoms with Crippen LogP contribution in [0.2, 0.25) is 0 Å². The predicted octanol–water partition coefficient (Wildman–Crippen LogP) is 1.35. The van der Waals surface area contributed by atoms with Crippen molar-refractivity contribution in [1.82, 2.24) is 19.1 Å². The van der Waals surface area contributed by atoms with Gasteiger partial charge in [-0.1, -0.05) is 23.9 Å². The molecule has 0 saturated heterocycles. The van der Waals surface area contributed by atoms with Gasteiger partial charge in [-0.05, 0) is 31.9 Å². The first-order valence-corrected chi connectivity index (χ1v) is 11.1. The molecule has 1 aliphatic carbocycles. The van der Waals surface area contributed by atoms with Gasteiger partial charge < -0.3 is 10.5 Å². The molecule has 1 aromatic carbocycles. The molecule has 11 heteroatoms. The van der Waals surface area contributed by atoms with Gasteiger partial charge in [-0.25, -0.2) is 9.78 Å². The number of anilines is 1. The molecule has 0 aliphatic heterocycles. The first-order chi connectivity index (χ1) is 15.3. The van der Waals surface area contributed by atoms with Crippen molar-refractivity contribution >= 4 is 34.3 Å². The number of nitrogens with one attached hydrogen (secondary N) is 1. The van der Waals surface area contributed by atoms with Gasteiger partial charge in [-0.15, -0.1) is 0 Å². The van der Waals surface area contributed by atoms with Crippen LogP contribution in [-0.4, -0.2) is 44.4 Å². The predicted molar refractivity (Wildman–Crippen MR) is 122 cm³/mol. The highest BCUT2D eigenvalue weighted by Crippen LogP contribution is 2.35. The van der Waals surface area contributed by atoms with Crippen molar-refractivity contribution in [2.24, 2.45) is 0 Å². The number of aromatic amines is 1. The Morgan fingerprint density at radius 1 is 1.31 bits per heavy atom. The van der Waals surface area contributed by atoms with Crippen LogP contribution in [0.25, 0.3) is 10.9 Å². The fourth-order valence-corrected chi connectivity index (χ4v) is 4.63. The second kappa shape index (κ2) is 8.75. The van der Waals surface area contributed by atoms with E-state index in [4.69, 9.17) is 10.5 Å². The minimum Gasteiger partial charge on any atom is -0.384 e. The Bertz CT molecular complexity index is 1370. The zero-order valence-corrected chi connectivity index (χ0v) is 18.5. The molecule has 4 rings (SSSR count). The molecule has 1 saturated carbocycles. The maximum Gasteiger partial charge on any atom is 0.330 e. The minimum atomic E-state index is -0.813. The summed E-state index contributed by atoms with van der Waals surface area (Å²) in [5.74, 6) is -0.847. The number of hydrogen-bond acceptors (Lipinski definition) is 8. The summed E-state index contributed by atoms with van der Waals surface area (Å²) in [6, 6.07) is 6.53. The molecule has 2 aromatic heterocycles. The molecule has 1 atom stereocenters. The summed E-state index contributed by atoms with van der Waals surface area (Å²) in [7, 11) is 1.54. The molecule has 0 spiro atoms. The number of ether oxygens (including phenoxy) is 1. The van der Waals surface area contributed by atoms with Crippen molar-refractivity contribution in [3.8, 4) is 0 Å². The van der Waals surface area contributed by atoms with E-state index in [1.165, 1.54) is 16.2 Å². The summed E-state index contributed by atoms with van der Waals surface area (Å²) in [6.45, 7) is 2.10. The van der Waals surface area contributed by atoms with E-state index in [9.17, 15) is 19.2 Å². The lowest BCUT2D eigenvalue weighted by Gasteiger charge is -2.19. The van der Waals surface area contributed by atoms with Crippen LogP contribution in [-0.2, 0) is 4.74 Å². The van der Waals surface area contributed by atoms with Crippen molar-refractivity contribution in [2.75, 3.05) is 25.2 Å². The van der Waals surface area contributed by atoms with E-state index in [-0.39, 0.29) is 41.4 Å². The van der Waals surface area contributed by atoms with E-state index in [1.807, 2.05) is 6.92 Å². The Labute approximate surface area is 186 Å². The van der Waals surface area contributed by atoms with E-state index >= 15 is 0 Å². The topological polar surface area (TPSA) is 142 Å². The summed E-state index contributed by atoms with van der Waals surface area (Å²) < 4.78 is 7.96. The van der Waals surface area contributed by atoms with Gasteiger partial charge in [-0.3, -0.25) is 28.5 Å². The van der Waals surface area contributed by atoms with Crippen LogP contribution in [0.5, 0.6) is 0 Å². The molecule has 3 aromatic rings. The average molecular weight is 458 g/mol. The van der Waals surface area contributed by atoms with Gasteiger partial charge in [0, 0.05) is 13.2 Å². The van der Waals surface area contributed by atoms with E-state index < -0.39 is 17.0 Å². The van der Waals surface area contributed by atoms with Crippen molar-refractivity contribution in [1.29, 1.82) is 0 Å². The normalized spacial score (nSPS) is 14.6. The number of benzene rings is 1. The van der Waals surface area contributed by atoms with Crippen LogP contribution in [0.3, 0.4) is 0 Å². The van der Waals surface area contributed by atoms with Gasteiger partial charge in [0.25, 0.3) is 11.1 Å². The van der Waals surface area contributed by atoms with Crippen LogP contribution in [0.15, 0.2) is 43.8 Å². The number of Topliss-reactive ketones (excluding diaryl/α,β-unsaturated/α-hetero) is 1. The van der Waals surface area contributed by atoms with Crippen LogP contribution in [0, 0.1) is 0 Å². The number of H-pyrrole nitrogens is 1. The standard InChI is InChI=1S/C21H23N5O5S/c1-11(9-31-2)25-19(29)13-5-3-4-6-14(13)23-21(25)32-10-15(27)16-17(22)26(12-7-8-12)20(30)24-18(16)28/h3-6,11-12H,7-10,22H2,1-2H3,(H,24,28,30). The van der Waals surface area contributed by atoms with E-state index in [0.717, 1.165) is 24.6 Å². The highest BCUT2D eigenvalue weighted by atomic mass is 32.2. The number of fused-ring (bicyclic) bond motifs is 1. The van der Waals surface area contributed by atoms with Gasteiger partial charge >= 0.3 is 5.69 Å². The SMILES string of the molecule is COCC(C)n1c(SCC(=O)c2c(N)n(C3CC3)c(=O)[nH]c2=O)nc2ccccc2c1=O. The molecule has 2 heterocycles. The first-order valence-electron chi connectivity index (χ1n) is 10.1. The molecular weight excluding hydrogens is 434 g/mol. The summed E-state index contributed by atoms with van der Waals surface area (Å²) >= 11 is 1.04. The number of hydrogen-bond donors (Lipinski definition) is 2. The Kier molecular flexibility index (Phi) is 6.02. The second-order valence-corrected chi connectivity index (χ2v) is 8.67. The lowest BCUT2D eigenvalue weighted by atomic mass is 10.2. The largest absolute Gasteiger partial charge is 0.384 e. The quantitative estimate of drug-likeness (QED) is 0.293. The molecular formula is C21H23N5O5S. The fraction of sp³-hybridized carbons (Fsp3) is 0.381. The highest BCUT2D eigenvalue weighted by Gasteiger charge is 2.30. The number of para-hydroxylation sites is 1. The van der Waals surface area contributed by atoms with E-state index in [2.05, 4.69) is 9.97 Å². The number of aromatic nitrogens is 4. The maximum absolute atomic E-state index is 13.1. The van der Waals surface area contributed by atoms with Gasteiger partial charge in [0.05, 0.1) is 29.3 Å². The Hall–Kier alpha value is -3.18. The number of nitrogens with two attached hydrogens (primary N) is 1. The molecule has 0 radical (unpaired) electrons. The van der Waals surface area contributed by atoms with Gasteiger partial charge in [0.15, 0.2) is 10.9 Å². The monoisotopic (exact) mass is 457 g/mol. The molecule has 0 amide bonds. The molecule has 32 heavy (non-hydrogen) atoms. The molecule has 3 N–H and O–H groups in total. The number of nitrogen functional groups attached to an aromatic ring is 1. The van der Waals surface area contributed by atoms with Crippen LogP contribution < -0.4 is 22.5 Å². The third-order valence-corrected chi connectivity index (χ3v) is 6.28. The summed E-state index contributed by atoms with van der Waals surface area (Å²) in [5, 5.41) is 0.792. The van der Waals surface area contributed by atoms with Crippen LogP contribution in [0.1, 0.15) is 42.2 Å². The summed E-state index contributed by atoms with van der Waals surface area (Å²) in [5.41, 5.74) is 4.63. The second-order valence-electron chi connectivity index (χ2n) is 7.72. The van der Waals surface area contributed by atoms with E-state index in [0.29, 0.717) is 16.1 Å². The zero-order valence-electron chi connectivity index (χ0n) is 17.7. The number of rotatable bonds is 8. The molecule has 1 aliphatic rings. The number of ketones is 1. The lowest BCUT2D eigenvalue weighted by Crippen LogP contribution is -2.36. The van der Waals surface area contributed by atoms with Crippen LogP contribution in [0.4, 0.5) is 5.82 Å². The molecule has 0 bridgehead atoms. The van der Waals surface area contributed by atoms with Crippen molar-refractivity contribution in [2.45, 2.75) is 37.0 Å². The molecule has 10 nitrogen and oxygen atoms in total. The third kappa shape index (κ3) is 4.00. The summed E-state index contributed by atoms with van der Waals surface area (Å²) in [4.78, 5) is 57.2. The number of thioether (sulfide) groups is 1. The lowest BCUT2D eigenvalue weighted by molar-refractivity contribution is 0.102. The van der Waals surface area contributed by atoms with Gasteiger partial charge in [0.2, 0.25) is 0 Å². The van der Waals surface area contributed by atoms with Gasteiger partial charge in [0.1, 0.15) is 11.4 Å². The number of carbonyl (C=O) groups is 1. The third-order valence-electron chi connectivity index (χ3n) is 5.33. The first kappa shape index (κ1) is 22.0. The summed E-state index contributed by atoms with van der Waals surface area (Å²) in [6.07, 6.45) is 1.53. The van der Waals surface area contributed by atoms with Crippen LogP contribution >= 0.6 is 11.8 Å². The van der Waals surface area contributed by atoms with E-state index in [1.54, 1.807) is 24.3 Å². The van der Waals surface area contributed by atoms with Crippen molar-refractivity contribution in [3.63, 3.8) is 0 Å². The maximum atomic E-state index is 13.1. The fourth-order valence-electron chi connectivity index (χ4n) is 3.66. The highest BCUT2D eigenvalue weighted by molar-refractivity contribution is 7.99. The smallest absolute Gasteiger partial charge is 0.330 e. The Morgan fingerprint density at radius 2 is 2.03 bits per heavy atom. The molecule has 168 valence electrons. The van der Waals surface area contributed by atoms with Crippen molar-refractivity contribution < 1.29 is 9.53 Å². The Balaban J connectivity index is 1.70. The Morgan fingerprint density at radius 3 is 2.72 bits per heavy atom. The number of methoxy groups -OCH3 is 1. The zero-order chi connectivity index (χ0) is 23.0. The molecule has 1 fully saturated rings. The van der Waals surface area contributed by atoms with Crippen molar-refractivity contribution in [3.05, 3.63) is 61.0 Å². The van der Waals surface area contributed by atoms with Gasteiger partial charge in [-0.2, -0.15) is 0 Å². The minimum absolute atomic E-state index is 0.0965. The molecule has 1 unspecified atom stereocenters. The average Bonchev–Trinajstić information content (AvgIpc) is 3.57.